The number of anilines is 2. The molecule has 25 heavy (non-hydrogen) atoms. The van der Waals surface area contributed by atoms with Crippen LogP contribution >= 0.6 is 11.8 Å². The zero-order chi connectivity index (χ0) is 16.8. The number of aromatic nitrogens is 2. The smallest absolute Gasteiger partial charge is 0.260 e. The second kappa shape index (κ2) is 5.50. The highest BCUT2D eigenvalue weighted by atomic mass is 32.2. The molecule has 0 aliphatic carbocycles. The van der Waals surface area contributed by atoms with E-state index < -0.39 is 0 Å². The van der Waals surface area contributed by atoms with Crippen LogP contribution in [0, 0.1) is 0 Å². The highest BCUT2D eigenvalue weighted by Crippen LogP contribution is 2.48. The topological polar surface area (TPSA) is 38.1 Å². The fourth-order valence-corrected chi connectivity index (χ4v) is 4.19. The summed E-state index contributed by atoms with van der Waals surface area (Å²) >= 11 is 1.69. The maximum Gasteiger partial charge on any atom is 0.339 e. The molecule has 0 bridgehead atoms. The summed E-state index contributed by atoms with van der Waals surface area (Å²) < 4.78 is 1.61. The van der Waals surface area contributed by atoms with E-state index in [0.717, 1.165) is 32.2 Å². The van der Waals surface area contributed by atoms with E-state index in [9.17, 15) is 4.79 Å². The molecule has 0 radical (unpaired) electrons. The van der Waals surface area contributed by atoms with Crippen LogP contribution in [0.1, 0.15) is 0 Å². The van der Waals surface area contributed by atoms with Crippen molar-refractivity contribution in [1.29, 1.82) is 0 Å². The van der Waals surface area contributed by atoms with Crippen molar-refractivity contribution in [3.05, 3.63) is 79.1 Å². The van der Waals surface area contributed by atoms with E-state index in [1.165, 1.54) is 0 Å². The quantitative estimate of drug-likeness (QED) is 0.434. The van der Waals surface area contributed by atoms with Crippen LogP contribution in [0.25, 0.3) is 11.0 Å². The molecule has 0 N–H and O–H groups in total. The molecule has 5 rings (SSSR count). The fraction of sp³-hybridized carbons (Fsp3) is 0. The Kier molecular flexibility index (Phi) is 3.15. The number of hydrogen-bond donors (Lipinski definition) is 0. The average Bonchev–Trinajstić information content (AvgIpc) is 3.09. The molecule has 0 fully saturated rings. The van der Waals surface area contributed by atoms with Crippen LogP contribution < -0.4 is 4.90 Å². The number of para-hydroxylation sites is 4. The van der Waals surface area contributed by atoms with Crippen molar-refractivity contribution in [2.45, 2.75) is 9.79 Å². The van der Waals surface area contributed by atoms with Crippen LogP contribution in [0.3, 0.4) is 0 Å². The lowest BCUT2D eigenvalue weighted by Gasteiger charge is -2.30. The van der Waals surface area contributed by atoms with Gasteiger partial charge in [0.1, 0.15) is 6.33 Å². The van der Waals surface area contributed by atoms with Gasteiger partial charge >= 0.3 is 6.03 Å². The fourth-order valence-electron chi connectivity index (χ4n) is 3.13. The van der Waals surface area contributed by atoms with Crippen molar-refractivity contribution in [3.8, 4) is 0 Å². The zero-order valence-corrected chi connectivity index (χ0v) is 14.0. The van der Waals surface area contributed by atoms with E-state index in [4.69, 9.17) is 0 Å². The van der Waals surface area contributed by atoms with E-state index in [1.807, 2.05) is 72.8 Å². The summed E-state index contributed by atoms with van der Waals surface area (Å²) in [5, 5.41) is 0. The largest absolute Gasteiger partial charge is 0.339 e. The molecule has 2 heterocycles. The molecule has 1 aromatic heterocycles. The van der Waals surface area contributed by atoms with E-state index in [2.05, 4.69) is 4.98 Å². The van der Waals surface area contributed by atoms with E-state index in [-0.39, 0.29) is 6.03 Å². The molecule has 120 valence electrons. The Morgan fingerprint density at radius 2 is 1.40 bits per heavy atom. The van der Waals surface area contributed by atoms with Gasteiger partial charge in [-0.15, -0.1) is 0 Å². The monoisotopic (exact) mass is 343 g/mol. The Hall–Kier alpha value is -3.05. The van der Waals surface area contributed by atoms with Crippen molar-refractivity contribution in [1.82, 2.24) is 9.55 Å². The number of carbonyl (C=O) groups excluding carboxylic acids is 1. The van der Waals surface area contributed by atoms with E-state index >= 15 is 0 Å². The summed E-state index contributed by atoms with van der Waals surface area (Å²) in [6.07, 6.45) is 1.60. The lowest BCUT2D eigenvalue weighted by Crippen LogP contribution is -2.32. The van der Waals surface area contributed by atoms with Crippen LogP contribution in [0.4, 0.5) is 16.2 Å². The maximum absolute atomic E-state index is 13.4. The minimum Gasteiger partial charge on any atom is -0.260 e. The molecule has 0 spiro atoms. The number of carbonyl (C=O) groups is 1. The standard InChI is InChI=1S/C20H13N3OS/c24-20(22-13-21-14-7-1-2-8-15(14)22)23-16-9-3-5-11-18(16)25-19-12-6-4-10-17(19)23/h1-13H. The van der Waals surface area contributed by atoms with Crippen LogP contribution in [0.15, 0.2) is 88.9 Å². The number of amides is 1. The van der Waals surface area contributed by atoms with Gasteiger partial charge in [-0.1, -0.05) is 48.2 Å². The molecular weight excluding hydrogens is 330 g/mol. The van der Waals surface area contributed by atoms with Crippen LogP contribution in [-0.4, -0.2) is 15.6 Å². The van der Waals surface area contributed by atoms with Gasteiger partial charge in [0.05, 0.1) is 22.4 Å². The van der Waals surface area contributed by atoms with Crippen molar-refractivity contribution >= 4 is 40.2 Å². The van der Waals surface area contributed by atoms with Crippen molar-refractivity contribution in [2.75, 3.05) is 4.90 Å². The predicted octanol–water partition coefficient (Wildman–Crippen LogP) is 5.31. The SMILES string of the molecule is O=C(N1c2ccccc2Sc2ccccc21)n1cnc2ccccc21. The first kappa shape index (κ1) is 14.3. The molecule has 1 aliphatic heterocycles. The van der Waals surface area contributed by atoms with E-state index in [0.29, 0.717) is 0 Å². The second-order valence-electron chi connectivity index (χ2n) is 5.76. The first-order chi connectivity index (χ1) is 12.3. The first-order valence-corrected chi connectivity index (χ1v) is 8.77. The molecule has 0 saturated carbocycles. The Bertz CT molecular complexity index is 1070. The van der Waals surface area contributed by atoms with Crippen LogP contribution in [0.5, 0.6) is 0 Å². The van der Waals surface area contributed by atoms with Gasteiger partial charge in [-0.3, -0.25) is 4.90 Å². The third kappa shape index (κ3) is 2.16. The third-order valence-electron chi connectivity index (χ3n) is 4.28. The van der Waals surface area contributed by atoms with Gasteiger partial charge in [-0.2, -0.15) is 0 Å². The number of nitrogens with zero attached hydrogens (tertiary/aromatic N) is 3. The Balaban J connectivity index is 1.72. The third-order valence-corrected chi connectivity index (χ3v) is 5.41. The summed E-state index contributed by atoms with van der Waals surface area (Å²) in [7, 11) is 0. The Labute approximate surface area is 148 Å². The lowest BCUT2D eigenvalue weighted by atomic mass is 10.2. The van der Waals surface area contributed by atoms with Crippen LogP contribution in [0.2, 0.25) is 0 Å². The Morgan fingerprint density at radius 1 is 0.800 bits per heavy atom. The highest BCUT2D eigenvalue weighted by Gasteiger charge is 2.29. The molecule has 4 aromatic rings. The minimum atomic E-state index is -0.131. The van der Waals surface area contributed by atoms with Gasteiger partial charge in [0.25, 0.3) is 0 Å². The predicted molar refractivity (Wildman–Crippen MR) is 99.7 cm³/mol. The number of benzene rings is 3. The van der Waals surface area contributed by atoms with Gasteiger partial charge in [-0.05, 0) is 36.4 Å². The Morgan fingerprint density at radius 3 is 2.12 bits per heavy atom. The van der Waals surface area contributed by atoms with Gasteiger partial charge in [0, 0.05) is 9.79 Å². The van der Waals surface area contributed by atoms with Crippen molar-refractivity contribution in [2.24, 2.45) is 0 Å². The first-order valence-electron chi connectivity index (χ1n) is 7.95. The highest BCUT2D eigenvalue weighted by molar-refractivity contribution is 7.99. The van der Waals surface area contributed by atoms with Gasteiger partial charge in [-0.25, -0.2) is 14.3 Å². The van der Waals surface area contributed by atoms with E-state index in [1.54, 1.807) is 27.6 Å². The summed E-state index contributed by atoms with van der Waals surface area (Å²) in [4.78, 5) is 21.7. The second-order valence-corrected chi connectivity index (χ2v) is 6.84. The number of imidazole rings is 1. The maximum atomic E-state index is 13.4. The molecule has 4 nitrogen and oxygen atoms in total. The van der Waals surface area contributed by atoms with Gasteiger partial charge < -0.3 is 0 Å². The molecule has 0 saturated heterocycles. The zero-order valence-electron chi connectivity index (χ0n) is 13.2. The molecule has 0 unspecified atom stereocenters. The van der Waals surface area contributed by atoms with Crippen molar-refractivity contribution in [3.63, 3.8) is 0 Å². The molecule has 0 atom stereocenters. The van der Waals surface area contributed by atoms with Gasteiger partial charge in [0.2, 0.25) is 0 Å². The average molecular weight is 343 g/mol. The number of rotatable bonds is 0. The summed E-state index contributed by atoms with van der Waals surface area (Å²) in [5.74, 6) is 0. The lowest BCUT2D eigenvalue weighted by molar-refractivity contribution is 0.250. The molecular formula is C20H13N3OS. The summed E-state index contributed by atoms with van der Waals surface area (Å²) in [6, 6.07) is 23.5. The molecule has 1 aliphatic rings. The number of fused-ring (bicyclic) bond motifs is 3. The minimum absolute atomic E-state index is 0.131. The molecule has 5 heteroatoms. The van der Waals surface area contributed by atoms with Crippen LogP contribution in [-0.2, 0) is 0 Å². The summed E-state index contributed by atoms with van der Waals surface area (Å²) in [6.45, 7) is 0. The molecule has 1 amide bonds. The number of hydrogen-bond acceptors (Lipinski definition) is 3. The summed E-state index contributed by atoms with van der Waals surface area (Å²) in [5.41, 5.74) is 3.41. The van der Waals surface area contributed by atoms with Crippen molar-refractivity contribution < 1.29 is 4.79 Å². The molecule has 3 aromatic carbocycles. The normalized spacial score (nSPS) is 12.7. The van der Waals surface area contributed by atoms with Gasteiger partial charge in [0.15, 0.2) is 0 Å².